The van der Waals surface area contributed by atoms with Crippen molar-refractivity contribution in [2.75, 3.05) is 13.7 Å². The summed E-state index contributed by atoms with van der Waals surface area (Å²) in [6, 6.07) is -0.426. The average Bonchev–Trinajstić information content (AvgIpc) is 2.84. The molecule has 2 heterocycles. The van der Waals surface area contributed by atoms with Crippen LogP contribution in [0.3, 0.4) is 0 Å². The fourth-order valence-electron chi connectivity index (χ4n) is 2.55. The van der Waals surface area contributed by atoms with Crippen molar-refractivity contribution in [2.45, 2.75) is 50.9 Å². The summed E-state index contributed by atoms with van der Waals surface area (Å²) in [5.74, 6) is -0.323. The second-order valence-corrected chi connectivity index (χ2v) is 5.80. The lowest BCUT2D eigenvalue weighted by molar-refractivity contribution is -0.144. The maximum atomic E-state index is 12.0. The van der Waals surface area contributed by atoms with E-state index in [1.54, 1.807) is 4.90 Å². The van der Waals surface area contributed by atoms with E-state index in [1.807, 2.05) is 20.8 Å². The molecule has 0 aliphatic carbocycles. The van der Waals surface area contributed by atoms with E-state index in [1.165, 1.54) is 7.11 Å². The Hall–Kier alpha value is -1.30. The van der Waals surface area contributed by atoms with E-state index in [-0.39, 0.29) is 24.1 Å². The molecule has 102 valence electrons. The molecule has 0 saturated carbocycles. The SMILES string of the molecule is COC(=O)[C@H]1N[C@@H]2C[C@H]1N(C(=O)OC(C)(C)C)C2. The van der Waals surface area contributed by atoms with E-state index in [0.717, 1.165) is 6.42 Å². The lowest BCUT2D eigenvalue weighted by Crippen LogP contribution is -2.57. The summed E-state index contributed by atoms with van der Waals surface area (Å²) in [6.45, 7) is 6.08. The predicted molar refractivity (Wildman–Crippen MR) is 64.1 cm³/mol. The Morgan fingerprint density at radius 3 is 2.50 bits per heavy atom. The third-order valence-electron chi connectivity index (χ3n) is 3.23. The molecule has 0 aromatic carbocycles. The summed E-state index contributed by atoms with van der Waals surface area (Å²) in [7, 11) is 1.35. The van der Waals surface area contributed by atoms with Gasteiger partial charge in [-0.25, -0.2) is 4.79 Å². The topological polar surface area (TPSA) is 67.9 Å². The van der Waals surface area contributed by atoms with E-state index in [4.69, 9.17) is 9.47 Å². The number of esters is 1. The van der Waals surface area contributed by atoms with Gasteiger partial charge in [-0.2, -0.15) is 0 Å². The van der Waals surface area contributed by atoms with Gasteiger partial charge in [-0.15, -0.1) is 0 Å². The minimum absolute atomic E-state index is 0.155. The third kappa shape index (κ3) is 2.43. The van der Waals surface area contributed by atoms with E-state index in [2.05, 4.69) is 5.32 Å². The Kier molecular flexibility index (Phi) is 3.23. The molecule has 0 unspecified atom stereocenters. The van der Waals surface area contributed by atoms with Crippen molar-refractivity contribution in [3.8, 4) is 0 Å². The minimum atomic E-state index is -0.521. The highest BCUT2D eigenvalue weighted by molar-refractivity contribution is 5.79. The zero-order valence-corrected chi connectivity index (χ0v) is 11.2. The van der Waals surface area contributed by atoms with Crippen LogP contribution in [0.4, 0.5) is 4.79 Å². The van der Waals surface area contributed by atoms with E-state index >= 15 is 0 Å². The molecule has 0 radical (unpaired) electrons. The second kappa shape index (κ2) is 4.42. The number of fused-ring (bicyclic) bond motifs is 2. The molecule has 2 aliphatic heterocycles. The summed E-state index contributed by atoms with van der Waals surface area (Å²) in [4.78, 5) is 25.3. The number of hydrogen-bond acceptors (Lipinski definition) is 5. The van der Waals surface area contributed by atoms with Crippen LogP contribution >= 0.6 is 0 Å². The zero-order valence-electron chi connectivity index (χ0n) is 11.2. The zero-order chi connectivity index (χ0) is 13.5. The number of ether oxygens (including phenoxy) is 2. The van der Waals surface area contributed by atoms with Crippen LogP contribution in [0.1, 0.15) is 27.2 Å². The molecule has 0 spiro atoms. The molecule has 6 heteroatoms. The Labute approximate surface area is 107 Å². The first-order chi connectivity index (χ1) is 8.31. The average molecular weight is 256 g/mol. The van der Waals surface area contributed by atoms with Gasteiger partial charge in [0.1, 0.15) is 11.6 Å². The third-order valence-corrected chi connectivity index (χ3v) is 3.23. The lowest BCUT2D eigenvalue weighted by atomic mass is 10.1. The number of amides is 1. The van der Waals surface area contributed by atoms with Crippen LogP contribution in [0.2, 0.25) is 0 Å². The highest BCUT2D eigenvalue weighted by Crippen LogP contribution is 2.30. The van der Waals surface area contributed by atoms with Crippen molar-refractivity contribution in [2.24, 2.45) is 0 Å². The highest BCUT2D eigenvalue weighted by atomic mass is 16.6. The molecule has 1 N–H and O–H groups in total. The van der Waals surface area contributed by atoms with Gasteiger partial charge in [0.05, 0.1) is 13.2 Å². The molecule has 2 saturated heterocycles. The maximum Gasteiger partial charge on any atom is 0.410 e. The van der Waals surface area contributed by atoms with Crippen LogP contribution in [-0.2, 0) is 14.3 Å². The van der Waals surface area contributed by atoms with Crippen molar-refractivity contribution in [3.63, 3.8) is 0 Å². The van der Waals surface area contributed by atoms with Gasteiger partial charge in [0.15, 0.2) is 0 Å². The van der Waals surface area contributed by atoms with Crippen molar-refractivity contribution in [1.29, 1.82) is 0 Å². The normalized spacial score (nSPS) is 30.4. The summed E-state index contributed by atoms with van der Waals surface area (Å²) in [6.07, 6.45) is 0.421. The fraction of sp³-hybridized carbons (Fsp3) is 0.833. The first-order valence-electron chi connectivity index (χ1n) is 6.15. The Balaban J connectivity index is 2.04. The molecule has 3 atom stereocenters. The summed E-state index contributed by atoms with van der Waals surface area (Å²) < 4.78 is 10.1. The number of nitrogens with zero attached hydrogens (tertiary/aromatic N) is 1. The number of hydrogen-bond donors (Lipinski definition) is 1. The van der Waals surface area contributed by atoms with Crippen LogP contribution in [0.5, 0.6) is 0 Å². The number of rotatable bonds is 1. The molecular weight excluding hydrogens is 236 g/mol. The molecule has 0 aromatic heterocycles. The Bertz CT molecular complexity index is 364. The van der Waals surface area contributed by atoms with Gasteiger partial charge in [0.2, 0.25) is 0 Å². The van der Waals surface area contributed by atoms with Crippen molar-refractivity contribution >= 4 is 12.1 Å². The van der Waals surface area contributed by atoms with Crippen molar-refractivity contribution < 1.29 is 19.1 Å². The van der Waals surface area contributed by atoms with Crippen LogP contribution in [-0.4, -0.2) is 54.3 Å². The molecular formula is C12H20N2O4. The van der Waals surface area contributed by atoms with Gasteiger partial charge in [-0.3, -0.25) is 10.1 Å². The molecule has 0 aromatic rings. The molecule has 2 rings (SSSR count). The fourth-order valence-corrected chi connectivity index (χ4v) is 2.55. The Morgan fingerprint density at radius 1 is 1.33 bits per heavy atom. The van der Waals surface area contributed by atoms with Crippen LogP contribution < -0.4 is 5.32 Å². The van der Waals surface area contributed by atoms with Gasteiger partial charge < -0.3 is 14.4 Å². The monoisotopic (exact) mass is 256 g/mol. The molecule has 1 amide bonds. The number of methoxy groups -OCH3 is 1. The van der Waals surface area contributed by atoms with Crippen molar-refractivity contribution in [3.05, 3.63) is 0 Å². The largest absolute Gasteiger partial charge is 0.468 e. The Morgan fingerprint density at radius 2 is 2.00 bits per heavy atom. The number of carbonyl (C=O) groups excluding carboxylic acids is 2. The lowest BCUT2D eigenvalue weighted by Gasteiger charge is -2.33. The number of carbonyl (C=O) groups is 2. The van der Waals surface area contributed by atoms with Gasteiger partial charge >= 0.3 is 12.1 Å². The first-order valence-corrected chi connectivity index (χ1v) is 6.15. The highest BCUT2D eigenvalue weighted by Gasteiger charge is 2.51. The molecule has 2 bridgehead atoms. The minimum Gasteiger partial charge on any atom is -0.468 e. The smallest absolute Gasteiger partial charge is 0.410 e. The number of likely N-dealkylation sites (tertiary alicyclic amines) is 1. The van der Waals surface area contributed by atoms with E-state index < -0.39 is 11.6 Å². The van der Waals surface area contributed by atoms with E-state index in [9.17, 15) is 9.59 Å². The van der Waals surface area contributed by atoms with Crippen LogP contribution in [0.25, 0.3) is 0 Å². The molecule has 2 fully saturated rings. The number of nitrogens with one attached hydrogen (secondary N) is 1. The molecule has 18 heavy (non-hydrogen) atoms. The predicted octanol–water partition coefficient (Wildman–Crippen LogP) is 0.509. The second-order valence-electron chi connectivity index (χ2n) is 5.80. The summed E-state index contributed by atoms with van der Waals surface area (Å²) in [5, 5.41) is 3.16. The maximum absolute atomic E-state index is 12.0. The standard InChI is InChI=1S/C12H20N2O4/c1-12(2,3)18-11(16)14-6-7-5-8(14)9(13-7)10(15)17-4/h7-9,13H,5-6H2,1-4H3/t7-,8-,9+/m1/s1. The number of piperazine rings is 1. The van der Waals surface area contributed by atoms with E-state index in [0.29, 0.717) is 6.54 Å². The van der Waals surface area contributed by atoms with Gasteiger partial charge in [-0.1, -0.05) is 0 Å². The first kappa shape index (κ1) is 13.1. The quantitative estimate of drug-likeness (QED) is 0.692. The van der Waals surface area contributed by atoms with Crippen molar-refractivity contribution in [1.82, 2.24) is 10.2 Å². The molecule has 6 nitrogen and oxygen atoms in total. The van der Waals surface area contributed by atoms with Crippen LogP contribution in [0.15, 0.2) is 0 Å². The van der Waals surface area contributed by atoms with Gasteiger partial charge in [-0.05, 0) is 27.2 Å². The molecule has 2 aliphatic rings. The summed E-state index contributed by atoms with van der Waals surface area (Å²) >= 11 is 0. The van der Waals surface area contributed by atoms with Gasteiger partial charge in [0.25, 0.3) is 0 Å². The van der Waals surface area contributed by atoms with Crippen LogP contribution in [0, 0.1) is 0 Å². The summed E-state index contributed by atoms with van der Waals surface area (Å²) in [5.41, 5.74) is -0.521. The van der Waals surface area contributed by atoms with Gasteiger partial charge in [0, 0.05) is 12.6 Å².